The van der Waals surface area contributed by atoms with Gasteiger partial charge in [-0.1, -0.05) is 32.0 Å². The van der Waals surface area contributed by atoms with Gasteiger partial charge in [0.25, 0.3) is 0 Å². The number of carbonyl (C=O) groups excluding carboxylic acids is 1. The van der Waals surface area contributed by atoms with Gasteiger partial charge in [-0.25, -0.2) is 0 Å². The molecule has 146 valence electrons. The SMILES string of the molecule is CCOc1cccc(NC(=O)C(C)(C)CCCOc2cc(C)ccc2C)c1. The van der Waals surface area contributed by atoms with E-state index in [1.807, 2.05) is 52.0 Å². The van der Waals surface area contributed by atoms with Gasteiger partial charge in [-0.3, -0.25) is 4.79 Å². The fourth-order valence-electron chi connectivity index (χ4n) is 2.80. The molecule has 4 heteroatoms. The molecule has 0 atom stereocenters. The molecule has 0 aliphatic rings. The standard InChI is InChI=1S/C23H31NO3/c1-6-26-20-10-7-9-19(16-20)24-22(25)23(4,5)13-8-14-27-21-15-17(2)11-12-18(21)3/h7,9-12,15-16H,6,8,13-14H2,1-5H3,(H,24,25). The number of hydrogen-bond acceptors (Lipinski definition) is 3. The lowest BCUT2D eigenvalue weighted by atomic mass is 9.87. The molecule has 2 rings (SSSR count). The van der Waals surface area contributed by atoms with E-state index in [1.165, 1.54) is 5.56 Å². The highest BCUT2D eigenvalue weighted by Crippen LogP contribution is 2.27. The number of rotatable bonds is 9. The molecule has 0 heterocycles. The third kappa shape index (κ3) is 6.31. The molecule has 0 aliphatic carbocycles. The first kappa shape index (κ1) is 20.8. The lowest BCUT2D eigenvalue weighted by Gasteiger charge is -2.24. The number of amides is 1. The molecule has 1 amide bonds. The van der Waals surface area contributed by atoms with E-state index >= 15 is 0 Å². The van der Waals surface area contributed by atoms with Crippen molar-refractivity contribution >= 4 is 11.6 Å². The maximum atomic E-state index is 12.7. The molecule has 2 aromatic carbocycles. The molecule has 2 aromatic rings. The average Bonchev–Trinajstić information content (AvgIpc) is 2.62. The molecule has 0 saturated heterocycles. The Hall–Kier alpha value is -2.49. The van der Waals surface area contributed by atoms with Gasteiger partial charge >= 0.3 is 0 Å². The fraction of sp³-hybridized carbons (Fsp3) is 0.435. The van der Waals surface area contributed by atoms with Crippen LogP contribution in [0.1, 0.15) is 44.7 Å². The highest BCUT2D eigenvalue weighted by Gasteiger charge is 2.27. The molecule has 0 radical (unpaired) electrons. The van der Waals surface area contributed by atoms with Gasteiger partial charge in [0.2, 0.25) is 5.91 Å². The summed E-state index contributed by atoms with van der Waals surface area (Å²) >= 11 is 0. The second-order valence-corrected chi connectivity index (χ2v) is 7.52. The van der Waals surface area contributed by atoms with Gasteiger partial charge < -0.3 is 14.8 Å². The Morgan fingerprint density at radius 1 is 1.07 bits per heavy atom. The van der Waals surface area contributed by atoms with E-state index in [-0.39, 0.29) is 5.91 Å². The Morgan fingerprint density at radius 2 is 1.85 bits per heavy atom. The van der Waals surface area contributed by atoms with Crippen LogP contribution in [0.2, 0.25) is 0 Å². The first-order valence-electron chi connectivity index (χ1n) is 9.56. The molecule has 0 unspecified atom stereocenters. The Bertz CT molecular complexity index is 768. The van der Waals surface area contributed by atoms with E-state index in [0.717, 1.165) is 35.6 Å². The highest BCUT2D eigenvalue weighted by molar-refractivity contribution is 5.94. The van der Waals surface area contributed by atoms with E-state index in [9.17, 15) is 4.79 Å². The summed E-state index contributed by atoms with van der Waals surface area (Å²) in [5.41, 5.74) is 2.59. The zero-order chi connectivity index (χ0) is 19.9. The van der Waals surface area contributed by atoms with E-state index in [4.69, 9.17) is 9.47 Å². The van der Waals surface area contributed by atoms with Gasteiger partial charge in [-0.15, -0.1) is 0 Å². The van der Waals surface area contributed by atoms with E-state index < -0.39 is 5.41 Å². The molecular formula is C23H31NO3. The van der Waals surface area contributed by atoms with Crippen molar-refractivity contribution < 1.29 is 14.3 Å². The summed E-state index contributed by atoms with van der Waals surface area (Å²) in [6, 6.07) is 13.7. The summed E-state index contributed by atoms with van der Waals surface area (Å²) < 4.78 is 11.4. The molecular weight excluding hydrogens is 338 g/mol. The van der Waals surface area contributed by atoms with Crippen LogP contribution >= 0.6 is 0 Å². The normalized spacial score (nSPS) is 11.1. The van der Waals surface area contributed by atoms with E-state index in [0.29, 0.717) is 13.2 Å². The van der Waals surface area contributed by atoms with Crippen molar-refractivity contribution in [2.75, 3.05) is 18.5 Å². The van der Waals surface area contributed by atoms with E-state index in [2.05, 4.69) is 30.4 Å². The maximum absolute atomic E-state index is 12.7. The van der Waals surface area contributed by atoms with Crippen molar-refractivity contribution in [3.8, 4) is 11.5 Å². The molecule has 0 saturated carbocycles. The minimum Gasteiger partial charge on any atom is -0.494 e. The topological polar surface area (TPSA) is 47.6 Å². The van der Waals surface area contributed by atoms with Crippen molar-refractivity contribution in [3.63, 3.8) is 0 Å². The minimum atomic E-state index is -0.480. The summed E-state index contributed by atoms with van der Waals surface area (Å²) in [7, 11) is 0. The maximum Gasteiger partial charge on any atom is 0.230 e. The number of ether oxygens (including phenoxy) is 2. The van der Waals surface area contributed by atoms with Crippen LogP contribution in [0.25, 0.3) is 0 Å². The van der Waals surface area contributed by atoms with Crippen LogP contribution in [0.5, 0.6) is 11.5 Å². The van der Waals surface area contributed by atoms with Crippen molar-refractivity contribution in [1.29, 1.82) is 0 Å². The summed E-state index contributed by atoms with van der Waals surface area (Å²) in [5, 5.41) is 3.00. The Balaban J connectivity index is 1.85. The Kier molecular flexibility index (Phi) is 7.28. The second kappa shape index (κ2) is 9.45. The number of hydrogen-bond donors (Lipinski definition) is 1. The van der Waals surface area contributed by atoms with Gasteiger partial charge in [0.15, 0.2) is 0 Å². The van der Waals surface area contributed by atoms with Crippen molar-refractivity contribution in [1.82, 2.24) is 0 Å². The average molecular weight is 370 g/mol. The van der Waals surface area contributed by atoms with Crippen LogP contribution < -0.4 is 14.8 Å². The monoisotopic (exact) mass is 369 g/mol. The summed E-state index contributed by atoms with van der Waals surface area (Å²) in [4.78, 5) is 12.7. The van der Waals surface area contributed by atoms with E-state index in [1.54, 1.807) is 0 Å². The largest absolute Gasteiger partial charge is 0.494 e. The second-order valence-electron chi connectivity index (χ2n) is 7.52. The van der Waals surface area contributed by atoms with Crippen LogP contribution in [-0.2, 0) is 4.79 Å². The highest BCUT2D eigenvalue weighted by atomic mass is 16.5. The minimum absolute atomic E-state index is 0.00267. The summed E-state index contributed by atoms with van der Waals surface area (Å²) in [5.74, 6) is 1.68. The van der Waals surface area contributed by atoms with Gasteiger partial charge in [0.1, 0.15) is 11.5 Å². The third-order valence-electron chi connectivity index (χ3n) is 4.56. The summed E-state index contributed by atoms with van der Waals surface area (Å²) in [6.07, 6.45) is 1.56. The summed E-state index contributed by atoms with van der Waals surface area (Å²) in [6.45, 7) is 11.2. The molecule has 1 N–H and O–H groups in total. The smallest absolute Gasteiger partial charge is 0.230 e. The lowest BCUT2D eigenvalue weighted by Crippen LogP contribution is -2.31. The van der Waals surface area contributed by atoms with Crippen molar-refractivity contribution in [3.05, 3.63) is 53.6 Å². The Morgan fingerprint density at radius 3 is 2.59 bits per heavy atom. The quantitative estimate of drug-likeness (QED) is 0.592. The predicted octanol–water partition coefficient (Wildman–Crippen LogP) is 5.53. The number of benzene rings is 2. The van der Waals surface area contributed by atoms with Crippen LogP contribution in [0.4, 0.5) is 5.69 Å². The number of anilines is 1. The third-order valence-corrected chi connectivity index (χ3v) is 4.56. The lowest BCUT2D eigenvalue weighted by molar-refractivity contribution is -0.124. The fourth-order valence-corrected chi connectivity index (χ4v) is 2.80. The molecule has 0 aliphatic heterocycles. The molecule has 4 nitrogen and oxygen atoms in total. The van der Waals surface area contributed by atoms with Gasteiger partial charge in [-0.05, 0) is 62.9 Å². The number of carbonyl (C=O) groups is 1. The zero-order valence-corrected chi connectivity index (χ0v) is 17.1. The van der Waals surface area contributed by atoms with Crippen molar-refractivity contribution in [2.24, 2.45) is 5.41 Å². The predicted molar refractivity (Wildman–Crippen MR) is 111 cm³/mol. The molecule has 27 heavy (non-hydrogen) atoms. The number of nitrogens with one attached hydrogen (secondary N) is 1. The number of aryl methyl sites for hydroxylation is 2. The zero-order valence-electron chi connectivity index (χ0n) is 17.1. The van der Waals surface area contributed by atoms with Gasteiger partial charge in [0, 0.05) is 17.2 Å². The van der Waals surface area contributed by atoms with Gasteiger partial charge in [-0.2, -0.15) is 0 Å². The Labute approximate surface area is 162 Å². The van der Waals surface area contributed by atoms with Gasteiger partial charge in [0.05, 0.1) is 13.2 Å². The van der Waals surface area contributed by atoms with Crippen LogP contribution in [0, 0.1) is 19.3 Å². The molecule has 0 bridgehead atoms. The first-order valence-corrected chi connectivity index (χ1v) is 9.56. The first-order chi connectivity index (χ1) is 12.8. The van der Waals surface area contributed by atoms with Crippen molar-refractivity contribution in [2.45, 2.75) is 47.5 Å². The van der Waals surface area contributed by atoms with Crippen LogP contribution in [0.3, 0.4) is 0 Å². The molecule has 0 spiro atoms. The van der Waals surface area contributed by atoms with Crippen LogP contribution in [0.15, 0.2) is 42.5 Å². The molecule has 0 aromatic heterocycles. The molecule has 0 fully saturated rings. The van der Waals surface area contributed by atoms with Crippen LogP contribution in [-0.4, -0.2) is 19.1 Å².